The van der Waals surface area contributed by atoms with Gasteiger partial charge in [-0.15, -0.1) is 0 Å². The van der Waals surface area contributed by atoms with E-state index in [2.05, 4.69) is 0 Å². The van der Waals surface area contributed by atoms with Crippen molar-refractivity contribution in [2.75, 3.05) is 0 Å². The van der Waals surface area contributed by atoms with Gasteiger partial charge in [0.1, 0.15) is 0 Å². The van der Waals surface area contributed by atoms with Crippen LogP contribution in [0.4, 0.5) is 4.39 Å². The number of carbonyl (C=O) groups is 1. The van der Waals surface area contributed by atoms with Crippen LogP contribution in [0.15, 0.2) is 24.0 Å². The molecule has 0 unspecified atom stereocenters. The topological polar surface area (TPSA) is 37.3 Å². The van der Waals surface area contributed by atoms with Crippen molar-refractivity contribution in [3.05, 3.63) is 40.7 Å². The van der Waals surface area contributed by atoms with E-state index in [1.807, 2.05) is 26.0 Å². The van der Waals surface area contributed by atoms with Crippen molar-refractivity contribution in [3.63, 3.8) is 0 Å². The third-order valence-electron chi connectivity index (χ3n) is 2.30. The summed E-state index contributed by atoms with van der Waals surface area (Å²) in [7, 11) is 0. The highest BCUT2D eigenvalue weighted by atomic mass is 19.1. The average Bonchev–Trinajstić information content (AvgIpc) is 2.15. The molecule has 0 radical (unpaired) electrons. The molecule has 2 nitrogen and oxygen atoms in total. The number of halogens is 1. The SMILES string of the molecule is C/C(=C(/F)C(=O)O)c1ccc(C)cc1C. The quantitative estimate of drug-likeness (QED) is 0.758. The van der Waals surface area contributed by atoms with E-state index in [0.29, 0.717) is 5.56 Å². The zero-order chi connectivity index (χ0) is 11.6. The summed E-state index contributed by atoms with van der Waals surface area (Å²) in [4.78, 5) is 10.5. The summed E-state index contributed by atoms with van der Waals surface area (Å²) in [6, 6.07) is 5.47. The fourth-order valence-electron chi connectivity index (χ4n) is 1.51. The first-order valence-corrected chi connectivity index (χ1v) is 4.60. The van der Waals surface area contributed by atoms with E-state index in [1.165, 1.54) is 6.92 Å². The molecule has 0 aliphatic rings. The van der Waals surface area contributed by atoms with E-state index in [0.717, 1.165) is 11.1 Å². The van der Waals surface area contributed by atoms with Crippen LogP contribution in [0, 0.1) is 13.8 Å². The molecule has 80 valence electrons. The molecule has 0 spiro atoms. The molecule has 0 fully saturated rings. The maximum atomic E-state index is 13.2. The Hall–Kier alpha value is -1.64. The van der Waals surface area contributed by atoms with E-state index in [4.69, 9.17) is 5.11 Å². The highest BCUT2D eigenvalue weighted by Crippen LogP contribution is 2.23. The van der Waals surface area contributed by atoms with Crippen molar-refractivity contribution in [1.29, 1.82) is 0 Å². The lowest BCUT2D eigenvalue weighted by Gasteiger charge is -2.07. The Morgan fingerprint density at radius 1 is 1.33 bits per heavy atom. The van der Waals surface area contributed by atoms with Gasteiger partial charge in [0.2, 0.25) is 5.83 Å². The summed E-state index contributed by atoms with van der Waals surface area (Å²) >= 11 is 0. The third-order valence-corrected chi connectivity index (χ3v) is 2.30. The monoisotopic (exact) mass is 208 g/mol. The Bertz CT molecular complexity index is 433. The number of hydrogen-bond acceptors (Lipinski definition) is 1. The maximum absolute atomic E-state index is 13.2. The standard InChI is InChI=1S/C12H13FO2/c1-7-4-5-10(8(2)6-7)9(3)11(13)12(14)15/h4-6H,1-3H3,(H,14,15)/b11-9-. The van der Waals surface area contributed by atoms with Gasteiger partial charge in [0.05, 0.1) is 0 Å². The van der Waals surface area contributed by atoms with Crippen LogP contribution in [0.2, 0.25) is 0 Å². The van der Waals surface area contributed by atoms with Crippen LogP contribution in [0.25, 0.3) is 5.57 Å². The smallest absolute Gasteiger partial charge is 0.365 e. The zero-order valence-corrected chi connectivity index (χ0v) is 8.97. The number of rotatable bonds is 2. The van der Waals surface area contributed by atoms with Gasteiger partial charge in [-0.25, -0.2) is 4.79 Å². The molecule has 3 heteroatoms. The molecular weight excluding hydrogens is 195 g/mol. The van der Waals surface area contributed by atoms with Crippen LogP contribution in [0.5, 0.6) is 0 Å². The predicted molar refractivity (Wildman–Crippen MR) is 57.3 cm³/mol. The van der Waals surface area contributed by atoms with Crippen molar-refractivity contribution in [1.82, 2.24) is 0 Å². The molecular formula is C12H13FO2. The van der Waals surface area contributed by atoms with Gasteiger partial charge in [-0.3, -0.25) is 0 Å². The molecule has 0 bridgehead atoms. The molecule has 0 heterocycles. The number of allylic oxidation sites excluding steroid dienone is 1. The van der Waals surface area contributed by atoms with Gasteiger partial charge in [-0.1, -0.05) is 23.8 Å². The zero-order valence-electron chi connectivity index (χ0n) is 8.97. The second kappa shape index (κ2) is 4.26. The molecule has 0 aromatic heterocycles. The summed E-state index contributed by atoms with van der Waals surface area (Å²) in [5.41, 5.74) is 2.75. The Kier molecular flexibility index (Phi) is 3.24. The van der Waals surface area contributed by atoms with Crippen LogP contribution in [-0.4, -0.2) is 11.1 Å². The molecule has 0 atom stereocenters. The Labute approximate surface area is 88.1 Å². The van der Waals surface area contributed by atoms with Gasteiger partial charge in [-0.05, 0) is 37.5 Å². The number of carboxylic acids is 1. The summed E-state index contributed by atoms with van der Waals surface area (Å²) in [6.45, 7) is 5.24. The molecule has 1 rings (SSSR count). The summed E-state index contributed by atoms with van der Waals surface area (Å²) in [6.07, 6.45) is 0. The predicted octanol–water partition coefficient (Wildman–Crippen LogP) is 3.09. The second-order valence-electron chi connectivity index (χ2n) is 3.56. The molecule has 1 aromatic rings. The molecule has 0 amide bonds. The minimum absolute atomic E-state index is 0.167. The normalized spacial score (nSPS) is 12.3. The molecule has 0 aliphatic carbocycles. The van der Waals surface area contributed by atoms with Crippen LogP contribution in [0.1, 0.15) is 23.6 Å². The minimum atomic E-state index is -1.52. The fraction of sp³-hybridized carbons (Fsp3) is 0.250. The second-order valence-corrected chi connectivity index (χ2v) is 3.56. The number of aryl methyl sites for hydroxylation is 2. The van der Waals surface area contributed by atoms with Crippen LogP contribution in [-0.2, 0) is 4.79 Å². The largest absolute Gasteiger partial charge is 0.476 e. The summed E-state index contributed by atoms with van der Waals surface area (Å²) in [5.74, 6) is -2.62. The number of carboxylic acid groups (broad SMARTS) is 1. The third kappa shape index (κ3) is 2.43. The Morgan fingerprint density at radius 3 is 2.40 bits per heavy atom. The molecule has 0 aliphatic heterocycles. The van der Waals surface area contributed by atoms with Gasteiger partial charge in [0.15, 0.2) is 0 Å². The van der Waals surface area contributed by atoms with Gasteiger partial charge in [0, 0.05) is 0 Å². The van der Waals surface area contributed by atoms with Crippen molar-refractivity contribution in [3.8, 4) is 0 Å². The van der Waals surface area contributed by atoms with Crippen LogP contribution >= 0.6 is 0 Å². The van der Waals surface area contributed by atoms with Crippen molar-refractivity contribution < 1.29 is 14.3 Å². The lowest BCUT2D eigenvalue weighted by Crippen LogP contribution is -1.99. The van der Waals surface area contributed by atoms with Crippen molar-refractivity contribution in [2.45, 2.75) is 20.8 Å². The lowest BCUT2D eigenvalue weighted by molar-refractivity contribution is -0.134. The van der Waals surface area contributed by atoms with E-state index in [-0.39, 0.29) is 5.57 Å². The first kappa shape index (κ1) is 11.4. The number of hydrogen-bond donors (Lipinski definition) is 1. The van der Waals surface area contributed by atoms with E-state index < -0.39 is 11.8 Å². The minimum Gasteiger partial charge on any atom is -0.476 e. The van der Waals surface area contributed by atoms with Crippen LogP contribution in [0.3, 0.4) is 0 Å². The van der Waals surface area contributed by atoms with Gasteiger partial charge in [0.25, 0.3) is 0 Å². The number of aliphatic carboxylic acids is 1. The summed E-state index contributed by atoms with van der Waals surface area (Å²) in [5, 5.41) is 8.53. The molecule has 0 saturated heterocycles. The average molecular weight is 208 g/mol. The highest BCUT2D eigenvalue weighted by Gasteiger charge is 2.13. The highest BCUT2D eigenvalue weighted by molar-refractivity contribution is 5.93. The maximum Gasteiger partial charge on any atom is 0.365 e. The van der Waals surface area contributed by atoms with Crippen molar-refractivity contribution in [2.24, 2.45) is 0 Å². The number of benzene rings is 1. The molecule has 1 aromatic carbocycles. The van der Waals surface area contributed by atoms with Gasteiger partial charge in [-0.2, -0.15) is 4.39 Å². The summed E-state index contributed by atoms with van der Waals surface area (Å²) < 4.78 is 13.2. The first-order valence-electron chi connectivity index (χ1n) is 4.60. The van der Waals surface area contributed by atoms with E-state index in [9.17, 15) is 9.18 Å². The molecule has 0 saturated carbocycles. The van der Waals surface area contributed by atoms with Crippen molar-refractivity contribution >= 4 is 11.5 Å². The first-order chi connectivity index (χ1) is 6.93. The van der Waals surface area contributed by atoms with E-state index in [1.54, 1.807) is 6.07 Å². The van der Waals surface area contributed by atoms with E-state index >= 15 is 0 Å². The van der Waals surface area contributed by atoms with Crippen LogP contribution < -0.4 is 0 Å². The van der Waals surface area contributed by atoms with Gasteiger partial charge < -0.3 is 5.11 Å². The molecule has 1 N–H and O–H groups in total. The molecule has 15 heavy (non-hydrogen) atoms. The fourth-order valence-corrected chi connectivity index (χ4v) is 1.51. The Morgan fingerprint density at radius 2 is 1.93 bits per heavy atom. The van der Waals surface area contributed by atoms with Gasteiger partial charge >= 0.3 is 5.97 Å². The Balaban J connectivity index is 3.29. The lowest BCUT2D eigenvalue weighted by atomic mass is 9.99.